The number of hydrogen-bond acceptors (Lipinski definition) is 3. The summed E-state index contributed by atoms with van der Waals surface area (Å²) in [7, 11) is 0. The minimum Gasteiger partial charge on any atom is -0.308 e. The number of anilines is 1. The van der Waals surface area contributed by atoms with Gasteiger partial charge in [-0.3, -0.25) is 14.2 Å². The van der Waals surface area contributed by atoms with Gasteiger partial charge in [-0.15, -0.1) is 0 Å². The number of aromatic nitrogens is 4. The van der Waals surface area contributed by atoms with Crippen molar-refractivity contribution in [2.24, 2.45) is 0 Å². The molecule has 0 saturated carbocycles. The van der Waals surface area contributed by atoms with Crippen LogP contribution in [0.1, 0.15) is 17.0 Å². The molecule has 0 fully saturated rings. The van der Waals surface area contributed by atoms with Crippen LogP contribution < -0.4 is 5.32 Å². The Morgan fingerprint density at radius 3 is 2.72 bits per heavy atom. The van der Waals surface area contributed by atoms with E-state index in [1.165, 1.54) is 10.7 Å². The van der Waals surface area contributed by atoms with Gasteiger partial charge in [-0.2, -0.15) is 10.2 Å². The van der Waals surface area contributed by atoms with Crippen molar-refractivity contribution < 1.29 is 9.18 Å². The second-order valence-electron chi connectivity index (χ2n) is 5.73. The molecule has 1 amide bonds. The Balaban J connectivity index is 1.67. The summed E-state index contributed by atoms with van der Waals surface area (Å²) in [4.78, 5) is 12.1. The van der Waals surface area contributed by atoms with Crippen molar-refractivity contribution in [2.75, 3.05) is 5.32 Å². The second-order valence-corrected chi connectivity index (χ2v) is 6.14. The average molecular weight is 362 g/mol. The van der Waals surface area contributed by atoms with Gasteiger partial charge < -0.3 is 5.32 Å². The molecule has 0 unspecified atom stereocenters. The molecule has 3 rings (SSSR count). The van der Waals surface area contributed by atoms with E-state index in [9.17, 15) is 9.18 Å². The van der Waals surface area contributed by atoms with Crippen molar-refractivity contribution in [3.8, 4) is 0 Å². The zero-order valence-corrected chi connectivity index (χ0v) is 14.6. The highest BCUT2D eigenvalue weighted by Gasteiger charge is 2.11. The number of carbonyl (C=O) groups is 1. The Labute approximate surface area is 149 Å². The number of amides is 1. The highest BCUT2D eigenvalue weighted by molar-refractivity contribution is 6.31. The molecule has 3 aromatic rings. The summed E-state index contributed by atoms with van der Waals surface area (Å²) in [6, 6.07) is 8.27. The molecule has 6 nitrogen and oxygen atoms in total. The summed E-state index contributed by atoms with van der Waals surface area (Å²) in [6.45, 7) is 3.94. The fourth-order valence-corrected chi connectivity index (χ4v) is 2.57. The summed E-state index contributed by atoms with van der Waals surface area (Å²) in [5, 5.41) is 11.7. The number of nitrogens with zero attached hydrogens (tertiary/aromatic N) is 4. The van der Waals surface area contributed by atoms with E-state index < -0.39 is 0 Å². The third-order valence-electron chi connectivity index (χ3n) is 3.72. The first kappa shape index (κ1) is 17.2. The Morgan fingerprint density at radius 1 is 1.28 bits per heavy atom. The van der Waals surface area contributed by atoms with E-state index in [0.29, 0.717) is 28.6 Å². The Bertz CT molecular complexity index is 898. The van der Waals surface area contributed by atoms with Crippen LogP contribution in [0.25, 0.3) is 0 Å². The van der Waals surface area contributed by atoms with Gasteiger partial charge in [0.1, 0.15) is 12.4 Å². The molecule has 0 bridgehead atoms. The van der Waals surface area contributed by atoms with Crippen LogP contribution in [0.3, 0.4) is 0 Å². The van der Waals surface area contributed by atoms with Gasteiger partial charge in [0, 0.05) is 23.5 Å². The van der Waals surface area contributed by atoms with Crippen LogP contribution >= 0.6 is 11.6 Å². The van der Waals surface area contributed by atoms with Crippen molar-refractivity contribution in [1.29, 1.82) is 0 Å². The molecule has 1 N–H and O–H groups in total. The molecular weight excluding hydrogens is 345 g/mol. The average Bonchev–Trinajstić information content (AvgIpc) is 3.03. The number of benzene rings is 1. The molecule has 0 atom stereocenters. The van der Waals surface area contributed by atoms with Gasteiger partial charge in [-0.1, -0.05) is 29.8 Å². The third kappa shape index (κ3) is 4.06. The summed E-state index contributed by atoms with van der Waals surface area (Å²) in [5.74, 6) is -0.141. The molecule has 0 aliphatic heterocycles. The molecule has 1 aromatic carbocycles. The Hall–Kier alpha value is -2.67. The van der Waals surface area contributed by atoms with Gasteiger partial charge >= 0.3 is 0 Å². The van der Waals surface area contributed by atoms with Gasteiger partial charge in [0.05, 0.1) is 17.3 Å². The van der Waals surface area contributed by atoms with E-state index >= 15 is 0 Å². The molecule has 0 aliphatic carbocycles. The fraction of sp³-hybridized carbons (Fsp3) is 0.235. The van der Waals surface area contributed by atoms with Gasteiger partial charge in [-0.25, -0.2) is 4.39 Å². The predicted molar refractivity (Wildman–Crippen MR) is 93.1 cm³/mol. The third-order valence-corrected chi connectivity index (χ3v) is 4.09. The predicted octanol–water partition coefficient (Wildman–Crippen LogP) is 3.18. The van der Waals surface area contributed by atoms with E-state index in [0.717, 1.165) is 5.69 Å². The van der Waals surface area contributed by atoms with Crippen molar-refractivity contribution in [3.63, 3.8) is 0 Å². The molecule has 2 heterocycles. The zero-order chi connectivity index (χ0) is 18.0. The summed E-state index contributed by atoms with van der Waals surface area (Å²) in [5.41, 5.74) is 2.02. The molecule has 130 valence electrons. The SMILES string of the molecule is Cc1nn(CC(=O)Nc2cc(C)n(Cc3ccccc3F)n2)cc1Cl. The maximum atomic E-state index is 13.8. The lowest BCUT2D eigenvalue weighted by atomic mass is 10.2. The number of aryl methyl sites for hydroxylation is 2. The molecule has 8 heteroatoms. The lowest BCUT2D eigenvalue weighted by Gasteiger charge is -2.05. The first-order chi connectivity index (χ1) is 11.9. The van der Waals surface area contributed by atoms with Crippen molar-refractivity contribution in [2.45, 2.75) is 26.9 Å². The van der Waals surface area contributed by atoms with Crippen LogP contribution in [0.4, 0.5) is 10.2 Å². The summed E-state index contributed by atoms with van der Waals surface area (Å²) in [6.07, 6.45) is 1.60. The van der Waals surface area contributed by atoms with Crippen LogP contribution in [0, 0.1) is 19.7 Å². The minimum absolute atomic E-state index is 0.0345. The van der Waals surface area contributed by atoms with E-state index in [1.807, 2.05) is 6.92 Å². The molecule has 0 saturated heterocycles. The first-order valence-corrected chi connectivity index (χ1v) is 8.07. The fourth-order valence-electron chi connectivity index (χ4n) is 2.42. The van der Waals surface area contributed by atoms with Gasteiger partial charge in [-0.05, 0) is 19.9 Å². The lowest BCUT2D eigenvalue weighted by molar-refractivity contribution is -0.116. The molecule has 25 heavy (non-hydrogen) atoms. The standard InChI is InChI=1S/C17H17ClFN5O/c1-11-7-16(20-17(25)10-23-9-14(18)12(2)21-23)22-24(11)8-13-5-3-4-6-15(13)19/h3-7,9H,8,10H2,1-2H3,(H,20,22,25). The van der Waals surface area contributed by atoms with Gasteiger partial charge in [0.2, 0.25) is 5.91 Å². The smallest absolute Gasteiger partial charge is 0.247 e. The maximum Gasteiger partial charge on any atom is 0.247 e. The van der Waals surface area contributed by atoms with Crippen molar-refractivity contribution >= 4 is 23.3 Å². The van der Waals surface area contributed by atoms with Crippen LogP contribution in [-0.2, 0) is 17.9 Å². The summed E-state index contributed by atoms with van der Waals surface area (Å²) >= 11 is 5.93. The van der Waals surface area contributed by atoms with E-state index in [-0.39, 0.29) is 18.3 Å². The van der Waals surface area contributed by atoms with Crippen LogP contribution in [0.2, 0.25) is 5.02 Å². The zero-order valence-electron chi connectivity index (χ0n) is 13.8. The van der Waals surface area contributed by atoms with E-state index in [2.05, 4.69) is 15.5 Å². The number of rotatable bonds is 5. The highest BCUT2D eigenvalue weighted by atomic mass is 35.5. The number of nitrogens with one attached hydrogen (secondary N) is 1. The van der Waals surface area contributed by atoms with Gasteiger partial charge in [0.25, 0.3) is 0 Å². The number of halogens is 2. The van der Waals surface area contributed by atoms with Gasteiger partial charge in [0.15, 0.2) is 5.82 Å². The Kier molecular flexibility index (Phi) is 4.85. The number of hydrogen-bond donors (Lipinski definition) is 1. The molecule has 2 aromatic heterocycles. The monoisotopic (exact) mass is 361 g/mol. The van der Waals surface area contributed by atoms with Crippen molar-refractivity contribution in [3.05, 3.63) is 64.3 Å². The topological polar surface area (TPSA) is 64.7 Å². The molecular formula is C17H17ClFN5O. The Morgan fingerprint density at radius 2 is 2.04 bits per heavy atom. The van der Waals surface area contributed by atoms with Crippen LogP contribution in [0.5, 0.6) is 0 Å². The largest absolute Gasteiger partial charge is 0.308 e. The van der Waals surface area contributed by atoms with Crippen LogP contribution in [-0.4, -0.2) is 25.5 Å². The normalized spacial score (nSPS) is 10.9. The molecule has 0 spiro atoms. The maximum absolute atomic E-state index is 13.8. The summed E-state index contributed by atoms with van der Waals surface area (Å²) < 4.78 is 16.9. The highest BCUT2D eigenvalue weighted by Crippen LogP contribution is 2.14. The molecule has 0 radical (unpaired) electrons. The molecule has 0 aliphatic rings. The van der Waals surface area contributed by atoms with E-state index in [1.54, 1.807) is 42.1 Å². The lowest BCUT2D eigenvalue weighted by Crippen LogP contribution is -2.19. The second kappa shape index (κ2) is 7.06. The quantitative estimate of drug-likeness (QED) is 0.759. The minimum atomic E-state index is -0.283. The number of carbonyl (C=O) groups excluding carboxylic acids is 1. The van der Waals surface area contributed by atoms with E-state index in [4.69, 9.17) is 11.6 Å². The van der Waals surface area contributed by atoms with Crippen LogP contribution in [0.15, 0.2) is 36.5 Å². The first-order valence-electron chi connectivity index (χ1n) is 7.69. The van der Waals surface area contributed by atoms with Crippen molar-refractivity contribution in [1.82, 2.24) is 19.6 Å².